The van der Waals surface area contributed by atoms with Gasteiger partial charge in [0.15, 0.2) is 0 Å². The van der Waals surface area contributed by atoms with Gasteiger partial charge in [-0.3, -0.25) is 24.0 Å². The van der Waals surface area contributed by atoms with Crippen LogP contribution in [0.3, 0.4) is 0 Å². The molecule has 0 spiro atoms. The van der Waals surface area contributed by atoms with E-state index in [9.17, 15) is 33.9 Å². The molecule has 0 aliphatic carbocycles. The third-order valence-electron chi connectivity index (χ3n) is 4.88. The summed E-state index contributed by atoms with van der Waals surface area (Å²) >= 11 is 1.43. The Kier molecular flexibility index (Phi) is 16.1. The zero-order chi connectivity index (χ0) is 27.0. The number of unbranched alkanes of at least 4 members (excludes halogenated alkanes) is 1. The van der Waals surface area contributed by atoms with Crippen LogP contribution in [-0.2, 0) is 28.8 Å². The lowest BCUT2D eigenvalue weighted by Crippen LogP contribution is -2.57. The molecule has 0 aromatic carbocycles. The van der Waals surface area contributed by atoms with Crippen LogP contribution in [0.4, 0.5) is 0 Å². The van der Waals surface area contributed by atoms with Crippen molar-refractivity contribution in [2.75, 3.05) is 18.6 Å². The molecule has 0 aromatic rings. The third kappa shape index (κ3) is 14.2. The zero-order valence-corrected chi connectivity index (χ0v) is 20.6. The number of carbonyl (C=O) groups is 6. The number of nitrogens with one attached hydrogen (secondary N) is 3. The Morgan fingerprint density at radius 1 is 0.800 bits per heavy atom. The molecule has 200 valence electrons. The lowest BCUT2D eigenvalue weighted by atomic mass is 10.1. The van der Waals surface area contributed by atoms with E-state index in [-0.39, 0.29) is 25.7 Å². The average molecular weight is 520 g/mol. The van der Waals surface area contributed by atoms with Crippen LogP contribution in [0.5, 0.6) is 0 Å². The fourth-order valence-electron chi connectivity index (χ4n) is 2.92. The smallest absolute Gasteiger partial charge is 0.326 e. The summed E-state index contributed by atoms with van der Waals surface area (Å²) in [5.41, 5.74) is 21.4. The van der Waals surface area contributed by atoms with Gasteiger partial charge in [-0.05, 0) is 50.7 Å². The maximum atomic E-state index is 13.0. The molecule has 4 atom stereocenters. The molecule has 0 aliphatic rings. The first-order valence-electron chi connectivity index (χ1n) is 11.1. The van der Waals surface area contributed by atoms with Gasteiger partial charge in [-0.25, -0.2) is 4.79 Å². The van der Waals surface area contributed by atoms with E-state index >= 15 is 0 Å². The van der Waals surface area contributed by atoms with E-state index in [4.69, 9.17) is 22.9 Å². The Labute approximate surface area is 208 Å². The van der Waals surface area contributed by atoms with E-state index in [1.165, 1.54) is 11.8 Å². The van der Waals surface area contributed by atoms with Crippen molar-refractivity contribution >= 4 is 47.3 Å². The lowest BCUT2D eigenvalue weighted by Gasteiger charge is -2.25. The molecular weight excluding hydrogens is 482 g/mol. The molecule has 0 heterocycles. The minimum Gasteiger partial charge on any atom is -0.480 e. The predicted molar refractivity (Wildman–Crippen MR) is 130 cm³/mol. The number of carboxylic acid groups (broad SMARTS) is 1. The molecule has 0 radical (unpaired) electrons. The van der Waals surface area contributed by atoms with E-state index in [0.717, 1.165) is 0 Å². The molecule has 0 bridgehead atoms. The summed E-state index contributed by atoms with van der Waals surface area (Å²) in [6.45, 7) is 0.345. The van der Waals surface area contributed by atoms with Crippen LogP contribution in [0.25, 0.3) is 0 Å². The normalized spacial score (nSPS) is 14.1. The number of carboxylic acids is 1. The van der Waals surface area contributed by atoms with Gasteiger partial charge >= 0.3 is 5.97 Å². The fraction of sp³-hybridized carbons (Fsp3) is 0.700. The molecule has 0 saturated heterocycles. The topological polar surface area (TPSA) is 263 Å². The van der Waals surface area contributed by atoms with Gasteiger partial charge in [0.25, 0.3) is 0 Å². The van der Waals surface area contributed by atoms with E-state index in [1.807, 2.05) is 6.26 Å². The number of hydrogen-bond acceptors (Lipinski definition) is 9. The number of thioether (sulfide) groups is 1. The van der Waals surface area contributed by atoms with Crippen LogP contribution in [0.2, 0.25) is 0 Å². The monoisotopic (exact) mass is 519 g/mol. The Morgan fingerprint density at radius 2 is 1.34 bits per heavy atom. The lowest BCUT2D eigenvalue weighted by molar-refractivity contribution is -0.143. The van der Waals surface area contributed by atoms with Crippen molar-refractivity contribution in [2.45, 2.75) is 69.1 Å². The number of carbonyl (C=O) groups excluding carboxylic acids is 5. The molecule has 15 heteroatoms. The van der Waals surface area contributed by atoms with Gasteiger partial charge in [0.2, 0.25) is 29.5 Å². The van der Waals surface area contributed by atoms with Crippen molar-refractivity contribution < 1.29 is 33.9 Å². The predicted octanol–water partition coefficient (Wildman–Crippen LogP) is -3.12. The first-order chi connectivity index (χ1) is 16.4. The molecule has 0 fully saturated rings. The van der Waals surface area contributed by atoms with Crippen molar-refractivity contribution in [1.82, 2.24) is 16.0 Å². The van der Waals surface area contributed by atoms with E-state index in [0.29, 0.717) is 25.1 Å². The molecule has 0 aromatic heterocycles. The second-order valence-corrected chi connectivity index (χ2v) is 8.86. The van der Waals surface area contributed by atoms with Crippen molar-refractivity contribution in [1.29, 1.82) is 0 Å². The average Bonchev–Trinajstić information content (AvgIpc) is 2.78. The van der Waals surface area contributed by atoms with Crippen molar-refractivity contribution in [2.24, 2.45) is 22.9 Å². The van der Waals surface area contributed by atoms with Crippen LogP contribution < -0.4 is 38.9 Å². The molecule has 0 rings (SSSR count). The van der Waals surface area contributed by atoms with Gasteiger partial charge in [0.05, 0.1) is 12.5 Å². The summed E-state index contributed by atoms with van der Waals surface area (Å²) in [4.78, 5) is 71.6. The van der Waals surface area contributed by atoms with Gasteiger partial charge < -0.3 is 44.0 Å². The quantitative estimate of drug-likeness (QED) is 0.0795. The first-order valence-corrected chi connectivity index (χ1v) is 12.5. The number of primary amides is 2. The van der Waals surface area contributed by atoms with Gasteiger partial charge in [0.1, 0.15) is 18.1 Å². The Balaban J connectivity index is 5.47. The Hall–Kier alpha value is -2.91. The molecular formula is C20H37N7O7S. The van der Waals surface area contributed by atoms with Gasteiger partial charge in [0, 0.05) is 6.42 Å². The highest BCUT2D eigenvalue weighted by Gasteiger charge is 2.30. The maximum absolute atomic E-state index is 13.0. The van der Waals surface area contributed by atoms with E-state index in [2.05, 4.69) is 16.0 Å². The first kappa shape index (κ1) is 32.1. The number of nitrogens with two attached hydrogens (primary N) is 4. The van der Waals surface area contributed by atoms with Crippen LogP contribution in [0.1, 0.15) is 44.9 Å². The molecule has 35 heavy (non-hydrogen) atoms. The van der Waals surface area contributed by atoms with Crippen LogP contribution in [0, 0.1) is 0 Å². The SMILES string of the molecule is CSCCC(NC(=O)C(N)CCC(N)=O)C(=O)NC(CCCCN)C(=O)NC(CC(N)=O)C(=O)O. The summed E-state index contributed by atoms with van der Waals surface area (Å²) in [5.74, 6) is -4.66. The molecule has 14 nitrogen and oxygen atoms in total. The molecule has 0 saturated carbocycles. The van der Waals surface area contributed by atoms with E-state index in [1.54, 1.807) is 0 Å². The van der Waals surface area contributed by atoms with Gasteiger partial charge in [-0.15, -0.1) is 0 Å². The second-order valence-electron chi connectivity index (χ2n) is 7.87. The second kappa shape index (κ2) is 17.5. The standard InChI is InChI=1S/C20H37N7O7S/c1-35-9-7-13(25-17(30)11(22)5-6-15(23)28)19(32)26-12(4-2-3-8-21)18(31)27-14(20(33)34)10-16(24)29/h11-14H,2-10,21-22H2,1H3,(H2,23,28)(H2,24,29)(H,25,30)(H,26,32)(H,27,31)(H,33,34). The molecule has 12 N–H and O–H groups in total. The maximum Gasteiger partial charge on any atom is 0.326 e. The molecule has 0 aliphatic heterocycles. The van der Waals surface area contributed by atoms with Crippen molar-refractivity contribution in [3.05, 3.63) is 0 Å². The largest absolute Gasteiger partial charge is 0.480 e. The third-order valence-corrected chi connectivity index (χ3v) is 5.53. The zero-order valence-electron chi connectivity index (χ0n) is 19.8. The Bertz CT molecular complexity index is 753. The highest BCUT2D eigenvalue weighted by molar-refractivity contribution is 7.98. The minimum absolute atomic E-state index is 0.00140. The van der Waals surface area contributed by atoms with E-state index < -0.39 is 66.1 Å². The van der Waals surface area contributed by atoms with Gasteiger partial charge in [-0.2, -0.15) is 11.8 Å². The summed E-state index contributed by atoms with van der Waals surface area (Å²) in [6.07, 6.45) is 2.43. The summed E-state index contributed by atoms with van der Waals surface area (Å²) in [5, 5.41) is 16.5. The van der Waals surface area contributed by atoms with Crippen LogP contribution in [0.15, 0.2) is 0 Å². The number of rotatable bonds is 19. The van der Waals surface area contributed by atoms with Crippen molar-refractivity contribution in [3.8, 4) is 0 Å². The highest BCUT2D eigenvalue weighted by atomic mass is 32.2. The number of hydrogen-bond donors (Lipinski definition) is 8. The van der Waals surface area contributed by atoms with Gasteiger partial charge in [-0.1, -0.05) is 0 Å². The molecule has 4 unspecified atom stereocenters. The summed E-state index contributed by atoms with van der Waals surface area (Å²) in [6, 6.07) is -4.83. The van der Waals surface area contributed by atoms with Crippen molar-refractivity contribution in [3.63, 3.8) is 0 Å². The Morgan fingerprint density at radius 3 is 1.83 bits per heavy atom. The number of aliphatic carboxylic acids is 1. The van der Waals surface area contributed by atoms with Crippen LogP contribution in [-0.4, -0.2) is 83.3 Å². The summed E-state index contributed by atoms with van der Waals surface area (Å²) in [7, 11) is 0. The molecule has 5 amide bonds. The van der Waals surface area contributed by atoms with Crippen LogP contribution >= 0.6 is 11.8 Å². The number of amides is 5. The highest BCUT2D eigenvalue weighted by Crippen LogP contribution is 2.07. The fourth-order valence-corrected chi connectivity index (χ4v) is 3.39. The summed E-state index contributed by atoms with van der Waals surface area (Å²) < 4.78 is 0. The minimum atomic E-state index is -1.57.